The van der Waals surface area contributed by atoms with Gasteiger partial charge in [0.05, 0.1) is 15.6 Å². The number of hydrogen-bond donors (Lipinski definition) is 2. The van der Waals surface area contributed by atoms with Crippen LogP contribution in [0.3, 0.4) is 0 Å². The molecule has 0 saturated heterocycles. The van der Waals surface area contributed by atoms with Crippen LogP contribution in [0.2, 0.25) is 0 Å². The lowest BCUT2D eigenvalue weighted by Crippen LogP contribution is -2.04. The zero-order valence-corrected chi connectivity index (χ0v) is 16.3. The van der Waals surface area contributed by atoms with Gasteiger partial charge in [-0.1, -0.05) is 5.10 Å². The van der Waals surface area contributed by atoms with Gasteiger partial charge in [-0.25, -0.2) is 0 Å². The number of anilines is 1. The second kappa shape index (κ2) is 8.62. The van der Waals surface area contributed by atoms with Crippen LogP contribution < -0.4 is 14.8 Å². The third-order valence-corrected chi connectivity index (χ3v) is 4.42. The zero-order valence-electron chi connectivity index (χ0n) is 14.2. The van der Waals surface area contributed by atoms with Crippen LogP contribution in [-0.2, 0) is 13.2 Å². The van der Waals surface area contributed by atoms with Crippen molar-refractivity contribution in [2.75, 3.05) is 12.4 Å². The average molecular weight is 482 g/mol. The predicted molar refractivity (Wildman–Crippen MR) is 105 cm³/mol. The number of non-ortho nitro benzene ring substituents is 1. The lowest BCUT2D eigenvalue weighted by atomic mass is 10.2. The Morgan fingerprint density at radius 2 is 2.04 bits per heavy atom. The van der Waals surface area contributed by atoms with Gasteiger partial charge < -0.3 is 14.8 Å². The Kier molecular flexibility index (Phi) is 6.01. The fourth-order valence-corrected chi connectivity index (χ4v) is 3.12. The lowest BCUT2D eigenvalue weighted by molar-refractivity contribution is -0.384. The standard InChI is InChI=1S/C16H15IN6O4/c1-26-14-7-11(8-18-16-19-21-22-20-16)6-13(17)15(14)27-9-10-2-4-12(5-3-10)23(24)25/h2-7H,8-9H2,1H3,(H2,18,19,20,21,22). The topological polar surface area (TPSA) is 128 Å². The van der Waals surface area contributed by atoms with Crippen LogP contribution in [0.5, 0.6) is 11.5 Å². The van der Waals surface area contributed by atoms with Gasteiger partial charge in [-0.2, -0.15) is 5.21 Å². The van der Waals surface area contributed by atoms with Crippen LogP contribution in [0, 0.1) is 13.7 Å². The summed E-state index contributed by atoms with van der Waals surface area (Å²) < 4.78 is 12.2. The highest BCUT2D eigenvalue weighted by atomic mass is 127. The predicted octanol–water partition coefficient (Wildman–Crippen LogP) is 2.91. The van der Waals surface area contributed by atoms with Gasteiger partial charge in [-0.3, -0.25) is 10.1 Å². The summed E-state index contributed by atoms with van der Waals surface area (Å²) in [6.45, 7) is 0.763. The molecule has 2 aromatic carbocycles. The number of nitro groups is 1. The van der Waals surface area contributed by atoms with E-state index in [4.69, 9.17) is 9.47 Å². The van der Waals surface area contributed by atoms with Crippen molar-refractivity contribution in [3.05, 3.63) is 61.2 Å². The van der Waals surface area contributed by atoms with Crippen LogP contribution in [-0.4, -0.2) is 32.7 Å². The molecule has 0 atom stereocenters. The molecule has 1 heterocycles. The first-order chi connectivity index (χ1) is 13.1. The maximum atomic E-state index is 10.7. The molecule has 0 spiro atoms. The summed E-state index contributed by atoms with van der Waals surface area (Å²) in [6, 6.07) is 10.1. The summed E-state index contributed by atoms with van der Waals surface area (Å²) in [6.07, 6.45) is 0. The molecule has 2 N–H and O–H groups in total. The van der Waals surface area contributed by atoms with Crippen molar-refractivity contribution in [3.63, 3.8) is 0 Å². The SMILES string of the molecule is COc1cc(CNc2nn[nH]n2)cc(I)c1OCc1ccc([N+](=O)[O-])cc1. The third-order valence-electron chi connectivity index (χ3n) is 3.62. The number of tetrazole rings is 1. The third kappa shape index (κ3) is 4.81. The number of aromatic amines is 1. The maximum Gasteiger partial charge on any atom is 0.269 e. The Bertz CT molecular complexity index is 917. The molecular formula is C16H15IN6O4. The van der Waals surface area contributed by atoms with Crippen molar-refractivity contribution >= 4 is 34.2 Å². The molecule has 0 aliphatic carbocycles. The lowest BCUT2D eigenvalue weighted by Gasteiger charge is -2.14. The van der Waals surface area contributed by atoms with E-state index in [-0.39, 0.29) is 12.3 Å². The van der Waals surface area contributed by atoms with E-state index in [1.165, 1.54) is 12.1 Å². The van der Waals surface area contributed by atoms with Crippen molar-refractivity contribution < 1.29 is 14.4 Å². The molecule has 0 fully saturated rings. The summed E-state index contributed by atoms with van der Waals surface area (Å²) in [5.74, 6) is 1.61. The normalized spacial score (nSPS) is 10.4. The van der Waals surface area contributed by atoms with Crippen LogP contribution in [0.1, 0.15) is 11.1 Å². The first-order valence-electron chi connectivity index (χ1n) is 7.76. The van der Waals surface area contributed by atoms with Gasteiger partial charge in [0.2, 0.25) is 0 Å². The number of benzene rings is 2. The zero-order chi connectivity index (χ0) is 19.2. The van der Waals surface area contributed by atoms with Gasteiger partial charge >= 0.3 is 0 Å². The van der Waals surface area contributed by atoms with E-state index in [9.17, 15) is 10.1 Å². The molecule has 3 rings (SSSR count). The second-order valence-electron chi connectivity index (χ2n) is 5.41. The van der Waals surface area contributed by atoms with Crippen LogP contribution in [0.15, 0.2) is 36.4 Å². The van der Waals surface area contributed by atoms with Gasteiger partial charge in [-0.15, -0.1) is 5.10 Å². The Morgan fingerprint density at radius 3 is 2.67 bits per heavy atom. The van der Waals surface area contributed by atoms with Gasteiger partial charge in [0.15, 0.2) is 11.5 Å². The molecule has 0 saturated carbocycles. The molecule has 0 bridgehead atoms. The summed E-state index contributed by atoms with van der Waals surface area (Å²) in [7, 11) is 1.57. The Hall–Kier alpha value is -2.96. The van der Waals surface area contributed by atoms with Gasteiger partial charge in [0, 0.05) is 18.7 Å². The number of aromatic nitrogens is 4. The highest BCUT2D eigenvalue weighted by Crippen LogP contribution is 2.34. The molecule has 3 aromatic rings. The minimum absolute atomic E-state index is 0.0457. The minimum atomic E-state index is -0.433. The number of nitro benzene ring substituents is 1. The van der Waals surface area contributed by atoms with E-state index in [1.54, 1.807) is 19.2 Å². The van der Waals surface area contributed by atoms with Crippen molar-refractivity contribution in [1.29, 1.82) is 0 Å². The van der Waals surface area contributed by atoms with E-state index >= 15 is 0 Å². The van der Waals surface area contributed by atoms with Crippen molar-refractivity contribution in [2.45, 2.75) is 13.2 Å². The molecule has 0 amide bonds. The number of rotatable bonds is 8. The minimum Gasteiger partial charge on any atom is -0.493 e. The molecule has 1 aromatic heterocycles. The Labute approximate surface area is 167 Å². The number of nitrogens with zero attached hydrogens (tertiary/aromatic N) is 4. The van der Waals surface area contributed by atoms with Crippen molar-refractivity contribution in [2.24, 2.45) is 0 Å². The largest absolute Gasteiger partial charge is 0.493 e. The molecule has 0 radical (unpaired) electrons. The molecule has 10 nitrogen and oxygen atoms in total. The summed E-state index contributed by atoms with van der Waals surface area (Å²) in [4.78, 5) is 10.3. The highest BCUT2D eigenvalue weighted by Gasteiger charge is 2.13. The number of ether oxygens (including phenoxy) is 2. The van der Waals surface area contributed by atoms with Gasteiger partial charge in [-0.05, 0) is 63.2 Å². The van der Waals surface area contributed by atoms with E-state index in [1.807, 2.05) is 12.1 Å². The monoisotopic (exact) mass is 482 g/mol. The number of halogens is 1. The van der Waals surface area contributed by atoms with Crippen LogP contribution in [0.25, 0.3) is 0 Å². The highest BCUT2D eigenvalue weighted by molar-refractivity contribution is 14.1. The first-order valence-corrected chi connectivity index (χ1v) is 8.84. The average Bonchev–Trinajstić information content (AvgIpc) is 3.19. The number of hydrogen-bond acceptors (Lipinski definition) is 8. The van der Waals surface area contributed by atoms with Crippen molar-refractivity contribution in [3.8, 4) is 11.5 Å². The van der Waals surface area contributed by atoms with Crippen LogP contribution >= 0.6 is 22.6 Å². The molecule has 11 heteroatoms. The van der Waals surface area contributed by atoms with E-state index in [0.717, 1.165) is 14.7 Å². The molecule has 0 aliphatic rings. The smallest absolute Gasteiger partial charge is 0.269 e. The van der Waals surface area contributed by atoms with E-state index in [0.29, 0.717) is 24.0 Å². The van der Waals surface area contributed by atoms with Gasteiger partial charge in [0.25, 0.3) is 11.6 Å². The number of nitrogens with one attached hydrogen (secondary N) is 2. The summed E-state index contributed by atoms with van der Waals surface area (Å²) in [5, 5.41) is 27.3. The van der Waals surface area contributed by atoms with Crippen molar-refractivity contribution in [1.82, 2.24) is 20.6 Å². The molecule has 140 valence electrons. The van der Waals surface area contributed by atoms with Crippen LogP contribution in [0.4, 0.5) is 11.6 Å². The summed E-state index contributed by atoms with van der Waals surface area (Å²) in [5.41, 5.74) is 1.83. The fourth-order valence-electron chi connectivity index (χ4n) is 2.30. The Balaban J connectivity index is 1.69. The first kappa shape index (κ1) is 18.8. The van der Waals surface area contributed by atoms with E-state index < -0.39 is 4.92 Å². The Morgan fingerprint density at radius 1 is 1.26 bits per heavy atom. The molecule has 0 unspecified atom stereocenters. The number of H-pyrrole nitrogens is 1. The molecule has 0 aliphatic heterocycles. The van der Waals surface area contributed by atoms with E-state index in [2.05, 4.69) is 48.5 Å². The summed E-state index contributed by atoms with van der Waals surface area (Å²) >= 11 is 2.17. The maximum absolute atomic E-state index is 10.7. The molecule has 27 heavy (non-hydrogen) atoms. The fraction of sp³-hybridized carbons (Fsp3) is 0.188. The molecular weight excluding hydrogens is 467 g/mol. The second-order valence-corrected chi connectivity index (χ2v) is 6.57. The number of methoxy groups -OCH3 is 1. The van der Waals surface area contributed by atoms with Gasteiger partial charge in [0.1, 0.15) is 6.61 Å². The quantitative estimate of drug-likeness (QED) is 0.285.